The summed E-state index contributed by atoms with van der Waals surface area (Å²) in [5.74, 6) is -0.958. The van der Waals surface area contributed by atoms with E-state index in [1.807, 2.05) is 0 Å². The summed E-state index contributed by atoms with van der Waals surface area (Å²) in [6.45, 7) is 1.60. The van der Waals surface area contributed by atoms with E-state index in [0.29, 0.717) is 5.56 Å². The van der Waals surface area contributed by atoms with Gasteiger partial charge in [0.1, 0.15) is 5.82 Å². The summed E-state index contributed by atoms with van der Waals surface area (Å²) >= 11 is 0. The lowest BCUT2D eigenvalue weighted by Gasteiger charge is -2.07. The third-order valence-electron chi connectivity index (χ3n) is 3.08. The number of halogens is 1. The lowest BCUT2D eigenvalue weighted by atomic mass is 10.2. The molecule has 0 fully saturated rings. The lowest BCUT2D eigenvalue weighted by Crippen LogP contribution is -2.15. The summed E-state index contributed by atoms with van der Waals surface area (Å²) in [7, 11) is -3.87. The first kappa shape index (κ1) is 16.9. The van der Waals surface area contributed by atoms with E-state index in [0.717, 1.165) is 6.08 Å². The van der Waals surface area contributed by atoms with Gasteiger partial charge in [-0.15, -0.1) is 0 Å². The Labute approximate surface area is 133 Å². The molecule has 0 aliphatic carbocycles. The summed E-state index contributed by atoms with van der Waals surface area (Å²) in [5, 5.41) is 7.62. The molecule has 2 aromatic carbocycles. The van der Waals surface area contributed by atoms with Gasteiger partial charge < -0.3 is 5.32 Å². The fraction of sp³-hybridized carbons (Fsp3) is 0.0625. The molecule has 0 spiro atoms. The smallest absolute Gasteiger partial charge is 0.248 e. The van der Waals surface area contributed by atoms with E-state index in [4.69, 9.17) is 5.14 Å². The van der Waals surface area contributed by atoms with E-state index in [2.05, 4.69) is 5.32 Å². The third kappa shape index (κ3) is 4.48. The van der Waals surface area contributed by atoms with Crippen molar-refractivity contribution in [3.8, 4) is 0 Å². The summed E-state index contributed by atoms with van der Waals surface area (Å²) in [4.78, 5) is 11.8. The Bertz CT molecular complexity index is 877. The van der Waals surface area contributed by atoms with Crippen molar-refractivity contribution in [2.24, 2.45) is 5.14 Å². The van der Waals surface area contributed by atoms with Crippen LogP contribution in [-0.2, 0) is 14.8 Å². The van der Waals surface area contributed by atoms with Crippen LogP contribution in [0.2, 0.25) is 0 Å². The second-order valence-corrected chi connectivity index (χ2v) is 6.40. The first-order valence-electron chi connectivity index (χ1n) is 6.64. The molecule has 0 unspecified atom stereocenters. The van der Waals surface area contributed by atoms with Gasteiger partial charge in [-0.2, -0.15) is 0 Å². The van der Waals surface area contributed by atoms with Crippen molar-refractivity contribution < 1.29 is 17.6 Å². The fourth-order valence-corrected chi connectivity index (χ4v) is 2.75. The maximum atomic E-state index is 13.4. The fourth-order valence-electron chi connectivity index (χ4n) is 1.94. The van der Waals surface area contributed by atoms with Crippen molar-refractivity contribution in [2.45, 2.75) is 11.8 Å². The number of sulfonamides is 1. The molecule has 3 N–H and O–H groups in total. The topological polar surface area (TPSA) is 89.3 Å². The number of hydrogen-bond donors (Lipinski definition) is 2. The Hall–Kier alpha value is -2.51. The van der Waals surface area contributed by atoms with Crippen LogP contribution in [0.15, 0.2) is 53.4 Å². The van der Waals surface area contributed by atoms with Crippen LogP contribution in [0.1, 0.15) is 11.1 Å². The maximum absolute atomic E-state index is 13.4. The first-order valence-corrected chi connectivity index (χ1v) is 8.19. The highest BCUT2D eigenvalue weighted by atomic mass is 32.2. The zero-order valence-electron chi connectivity index (χ0n) is 12.3. The van der Waals surface area contributed by atoms with Crippen LogP contribution in [0.5, 0.6) is 0 Å². The van der Waals surface area contributed by atoms with Gasteiger partial charge in [-0.1, -0.05) is 24.3 Å². The van der Waals surface area contributed by atoms with Crippen molar-refractivity contribution >= 4 is 27.7 Å². The number of primary sulfonamides is 1. The number of amides is 1. The Morgan fingerprint density at radius 2 is 1.91 bits per heavy atom. The van der Waals surface area contributed by atoms with Crippen LogP contribution in [0.3, 0.4) is 0 Å². The molecule has 0 atom stereocenters. The molecule has 0 saturated heterocycles. The number of carbonyl (C=O) groups excluding carboxylic acids is 1. The van der Waals surface area contributed by atoms with E-state index in [1.54, 1.807) is 25.1 Å². The molecule has 5 nitrogen and oxygen atoms in total. The molecular weight excluding hydrogens is 319 g/mol. The van der Waals surface area contributed by atoms with E-state index in [9.17, 15) is 17.6 Å². The van der Waals surface area contributed by atoms with Crippen LogP contribution in [0, 0.1) is 12.7 Å². The number of anilines is 1. The van der Waals surface area contributed by atoms with Gasteiger partial charge >= 0.3 is 0 Å². The van der Waals surface area contributed by atoms with Crippen LogP contribution in [-0.4, -0.2) is 14.3 Å². The molecule has 1 amide bonds. The predicted molar refractivity (Wildman–Crippen MR) is 86.6 cm³/mol. The Kier molecular flexibility index (Phi) is 4.92. The molecule has 0 aliphatic heterocycles. The zero-order valence-corrected chi connectivity index (χ0v) is 13.1. The van der Waals surface area contributed by atoms with Gasteiger partial charge in [-0.25, -0.2) is 17.9 Å². The van der Waals surface area contributed by atoms with Gasteiger partial charge in [-0.05, 0) is 36.8 Å². The van der Waals surface area contributed by atoms with Crippen LogP contribution < -0.4 is 10.5 Å². The number of benzene rings is 2. The molecule has 0 radical (unpaired) electrons. The molecule has 0 heterocycles. The van der Waals surface area contributed by atoms with E-state index < -0.39 is 21.7 Å². The molecule has 0 aliphatic rings. The predicted octanol–water partition coefficient (Wildman–Crippen LogP) is 2.43. The molecule has 23 heavy (non-hydrogen) atoms. The van der Waals surface area contributed by atoms with Gasteiger partial charge in [-0.3, -0.25) is 4.79 Å². The van der Waals surface area contributed by atoms with Crippen molar-refractivity contribution in [1.29, 1.82) is 0 Å². The molecular formula is C16H15FN2O3S. The second kappa shape index (κ2) is 6.72. The lowest BCUT2D eigenvalue weighted by molar-refractivity contribution is -0.111. The summed E-state index contributed by atoms with van der Waals surface area (Å²) in [6, 6.07) is 10.4. The van der Waals surface area contributed by atoms with E-state index >= 15 is 0 Å². The van der Waals surface area contributed by atoms with Crippen LogP contribution >= 0.6 is 0 Å². The average molecular weight is 334 g/mol. The molecule has 0 saturated carbocycles. The Morgan fingerprint density at radius 1 is 1.22 bits per heavy atom. The average Bonchev–Trinajstić information content (AvgIpc) is 2.47. The van der Waals surface area contributed by atoms with Crippen LogP contribution in [0.4, 0.5) is 10.1 Å². The minimum Gasteiger partial charge on any atom is -0.322 e. The van der Waals surface area contributed by atoms with Crippen molar-refractivity contribution in [3.05, 3.63) is 65.5 Å². The van der Waals surface area contributed by atoms with Gasteiger partial charge in [0.2, 0.25) is 15.9 Å². The van der Waals surface area contributed by atoms with Crippen LogP contribution in [0.25, 0.3) is 6.08 Å². The molecule has 2 aromatic rings. The monoisotopic (exact) mass is 334 g/mol. The Balaban J connectivity index is 2.17. The highest BCUT2D eigenvalue weighted by Crippen LogP contribution is 2.19. The SMILES string of the molecule is Cc1ccc(NC(=O)/C=C/c2ccccc2F)cc1S(N)(=O)=O. The van der Waals surface area contributed by atoms with Crippen molar-refractivity contribution in [3.63, 3.8) is 0 Å². The normalized spacial score (nSPS) is 11.6. The summed E-state index contributed by atoms with van der Waals surface area (Å²) in [5.41, 5.74) is 1.03. The van der Waals surface area contributed by atoms with Gasteiger partial charge in [0.15, 0.2) is 0 Å². The quantitative estimate of drug-likeness (QED) is 0.842. The minimum atomic E-state index is -3.87. The number of rotatable bonds is 4. The van der Waals surface area contributed by atoms with Gasteiger partial charge in [0, 0.05) is 17.3 Å². The zero-order chi connectivity index (χ0) is 17.0. The van der Waals surface area contributed by atoms with Gasteiger partial charge in [0.05, 0.1) is 4.90 Å². The maximum Gasteiger partial charge on any atom is 0.248 e. The molecule has 7 heteroatoms. The van der Waals surface area contributed by atoms with Gasteiger partial charge in [0.25, 0.3) is 0 Å². The Morgan fingerprint density at radius 3 is 2.57 bits per heavy atom. The first-order chi connectivity index (χ1) is 10.8. The number of aryl methyl sites for hydroxylation is 1. The highest BCUT2D eigenvalue weighted by Gasteiger charge is 2.12. The molecule has 0 bridgehead atoms. The van der Waals surface area contributed by atoms with Crippen molar-refractivity contribution in [1.82, 2.24) is 0 Å². The largest absolute Gasteiger partial charge is 0.322 e. The molecule has 120 valence electrons. The van der Waals surface area contributed by atoms with Crippen molar-refractivity contribution in [2.75, 3.05) is 5.32 Å². The number of nitrogens with one attached hydrogen (secondary N) is 1. The number of nitrogens with two attached hydrogens (primary N) is 1. The molecule has 2 rings (SSSR count). The standard InChI is InChI=1S/C16H15FN2O3S/c1-11-6-8-13(10-15(11)23(18,21)22)19-16(20)9-7-12-4-2-3-5-14(12)17/h2-10H,1H3,(H,19,20)(H2,18,21,22)/b9-7+. The van der Waals surface area contributed by atoms with E-state index in [-0.39, 0.29) is 16.1 Å². The summed E-state index contributed by atoms with van der Waals surface area (Å²) < 4.78 is 36.3. The number of carbonyl (C=O) groups is 1. The highest BCUT2D eigenvalue weighted by molar-refractivity contribution is 7.89. The summed E-state index contributed by atoms with van der Waals surface area (Å²) in [6.07, 6.45) is 2.49. The second-order valence-electron chi connectivity index (χ2n) is 4.87. The minimum absolute atomic E-state index is 0.0617. The third-order valence-corrected chi connectivity index (χ3v) is 4.13. The number of hydrogen-bond acceptors (Lipinski definition) is 3. The molecule has 0 aromatic heterocycles. The van der Waals surface area contributed by atoms with E-state index in [1.165, 1.54) is 30.3 Å².